The summed E-state index contributed by atoms with van der Waals surface area (Å²) in [5.41, 5.74) is 15.9. The van der Waals surface area contributed by atoms with Gasteiger partial charge in [-0.3, -0.25) is 4.68 Å². The van der Waals surface area contributed by atoms with Crippen LogP contribution in [0.5, 0.6) is 0 Å². The molecule has 0 atom stereocenters. The second-order valence-corrected chi connectivity index (χ2v) is 5.54. The number of rotatable bonds is 5. The van der Waals surface area contributed by atoms with E-state index < -0.39 is 0 Å². The van der Waals surface area contributed by atoms with Crippen molar-refractivity contribution in [3.63, 3.8) is 0 Å². The van der Waals surface area contributed by atoms with Crippen molar-refractivity contribution in [1.82, 2.24) is 9.78 Å². The number of benzene rings is 1. The van der Waals surface area contributed by atoms with Crippen molar-refractivity contribution in [2.24, 2.45) is 12.8 Å². The molecule has 138 valence electrons. The number of nitrogen functional groups attached to an aromatic ring is 1. The normalized spacial score (nSPS) is 12.4. The maximum Gasteiger partial charge on any atom is 0.130 e. The van der Waals surface area contributed by atoms with Gasteiger partial charge in [-0.25, -0.2) is 0 Å². The molecule has 0 bridgehead atoms. The fraction of sp³-hybridized carbons (Fsp3) is 0.190. The molecule has 0 unspecified atom stereocenters. The van der Waals surface area contributed by atoms with E-state index in [1.807, 2.05) is 69.3 Å². The van der Waals surface area contributed by atoms with Crippen LogP contribution in [-0.2, 0) is 7.05 Å². The van der Waals surface area contributed by atoms with Crippen molar-refractivity contribution in [1.29, 1.82) is 0 Å². The van der Waals surface area contributed by atoms with Crippen molar-refractivity contribution in [2.75, 3.05) is 5.73 Å². The molecule has 4 N–H and O–H groups in total. The zero-order valence-electron chi connectivity index (χ0n) is 15.8. The Bertz CT molecular complexity index is 827. The van der Waals surface area contributed by atoms with Gasteiger partial charge in [0.05, 0.1) is 16.3 Å². The molecule has 0 spiro atoms. The number of hydrogen-bond donors (Lipinski definition) is 2. The van der Waals surface area contributed by atoms with Crippen LogP contribution in [0.1, 0.15) is 37.6 Å². The molecule has 0 fully saturated rings. The van der Waals surface area contributed by atoms with Crippen LogP contribution in [0.3, 0.4) is 0 Å². The lowest BCUT2D eigenvalue weighted by molar-refractivity contribution is 0.774. The minimum atomic E-state index is 0.383. The monoisotopic (exact) mass is 370 g/mol. The van der Waals surface area contributed by atoms with Crippen LogP contribution in [0.25, 0.3) is 16.3 Å². The second-order valence-electron chi connectivity index (χ2n) is 5.16. The molecular formula is C21H27ClN4. The molecule has 2 aromatic rings. The maximum atomic E-state index is 6.60. The number of allylic oxidation sites excluding steroid dienone is 5. The third-order valence-corrected chi connectivity index (χ3v) is 4.02. The molecule has 0 aliphatic heterocycles. The minimum Gasteiger partial charge on any atom is -0.397 e. The summed E-state index contributed by atoms with van der Waals surface area (Å²) in [5, 5.41) is 4.88. The van der Waals surface area contributed by atoms with Crippen LogP contribution in [0.2, 0.25) is 0 Å². The number of nitrogens with zero attached hydrogens (tertiary/aromatic N) is 2. The van der Waals surface area contributed by atoms with Gasteiger partial charge >= 0.3 is 0 Å². The van der Waals surface area contributed by atoms with E-state index >= 15 is 0 Å². The van der Waals surface area contributed by atoms with Gasteiger partial charge in [0.2, 0.25) is 0 Å². The zero-order valence-corrected chi connectivity index (χ0v) is 16.6. The summed E-state index contributed by atoms with van der Waals surface area (Å²) >= 11 is 6.60. The van der Waals surface area contributed by atoms with Gasteiger partial charge in [0.1, 0.15) is 11.5 Å². The zero-order chi connectivity index (χ0) is 19.7. The molecule has 2 rings (SSSR count). The quantitative estimate of drug-likeness (QED) is 0.711. The molecule has 1 aromatic heterocycles. The Hall–Kier alpha value is -2.72. The summed E-state index contributed by atoms with van der Waals surface area (Å²) in [6.07, 6.45) is 7.38. The van der Waals surface area contributed by atoms with E-state index in [1.54, 1.807) is 17.8 Å². The summed E-state index contributed by atoms with van der Waals surface area (Å²) < 4.78 is 1.59. The predicted molar refractivity (Wildman–Crippen MR) is 115 cm³/mol. The SMILES string of the molecule is C=C/C=C\C(=C/C)c1nn(C)c(N)c1/C(Cl)=C(\N)c1ccccc1.CC. The topological polar surface area (TPSA) is 69.9 Å². The third-order valence-electron chi connectivity index (χ3n) is 3.63. The van der Waals surface area contributed by atoms with Gasteiger partial charge < -0.3 is 11.5 Å². The Kier molecular flexibility index (Phi) is 8.46. The summed E-state index contributed by atoms with van der Waals surface area (Å²) in [6, 6.07) is 9.54. The van der Waals surface area contributed by atoms with Crippen LogP contribution in [0.15, 0.2) is 61.2 Å². The molecule has 5 heteroatoms. The number of nitrogens with two attached hydrogens (primary N) is 2. The predicted octanol–water partition coefficient (Wildman–Crippen LogP) is 5.20. The largest absolute Gasteiger partial charge is 0.397 e. The van der Waals surface area contributed by atoms with Crippen LogP contribution >= 0.6 is 11.6 Å². The smallest absolute Gasteiger partial charge is 0.130 e. The summed E-state index contributed by atoms with van der Waals surface area (Å²) in [4.78, 5) is 0. The number of hydrogen-bond acceptors (Lipinski definition) is 3. The Morgan fingerprint density at radius 2 is 1.85 bits per heavy atom. The highest BCUT2D eigenvalue weighted by atomic mass is 35.5. The van der Waals surface area contributed by atoms with Gasteiger partial charge in [0, 0.05) is 7.05 Å². The lowest BCUT2D eigenvalue weighted by Gasteiger charge is -2.08. The van der Waals surface area contributed by atoms with Gasteiger partial charge in [0.15, 0.2) is 0 Å². The maximum absolute atomic E-state index is 6.60. The van der Waals surface area contributed by atoms with E-state index in [9.17, 15) is 0 Å². The van der Waals surface area contributed by atoms with Crippen LogP contribution in [-0.4, -0.2) is 9.78 Å². The molecule has 0 radical (unpaired) electrons. The molecule has 1 heterocycles. The molecule has 1 aromatic carbocycles. The molecule has 0 saturated carbocycles. The molecule has 0 aliphatic rings. The van der Waals surface area contributed by atoms with E-state index in [4.69, 9.17) is 23.1 Å². The highest BCUT2D eigenvalue weighted by molar-refractivity contribution is 6.53. The Labute approximate surface area is 161 Å². The lowest BCUT2D eigenvalue weighted by atomic mass is 10.0. The fourth-order valence-electron chi connectivity index (χ4n) is 2.32. The third kappa shape index (κ3) is 4.67. The first-order valence-corrected chi connectivity index (χ1v) is 8.88. The summed E-state index contributed by atoms with van der Waals surface area (Å²) in [5.74, 6) is 0.459. The molecule has 0 amide bonds. The van der Waals surface area contributed by atoms with Crippen molar-refractivity contribution >= 4 is 33.7 Å². The van der Waals surface area contributed by atoms with Crippen LogP contribution in [0, 0.1) is 0 Å². The molecule has 0 saturated heterocycles. The molecular weight excluding hydrogens is 344 g/mol. The van der Waals surface area contributed by atoms with Crippen molar-refractivity contribution in [2.45, 2.75) is 20.8 Å². The number of aromatic nitrogens is 2. The van der Waals surface area contributed by atoms with Crippen molar-refractivity contribution < 1.29 is 0 Å². The van der Waals surface area contributed by atoms with E-state index in [1.165, 1.54) is 0 Å². The van der Waals surface area contributed by atoms with Gasteiger partial charge in [-0.1, -0.05) is 86.7 Å². The van der Waals surface area contributed by atoms with Gasteiger partial charge in [0.25, 0.3) is 0 Å². The highest BCUT2D eigenvalue weighted by Crippen LogP contribution is 2.35. The first-order chi connectivity index (χ1) is 12.5. The lowest BCUT2D eigenvalue weighted by Crippen LogP contribution is -2.02. The fourth-order valence-corrected chi connectivity index (χ4v) is 2.61. The van der Waals surface area contributed by atoms with Crippen molar-refractivity contribution in [3.8, 4) is 0 Å². The van der Waals surface area contributed by atoms with E-state index in [0.717, 1.165) is 11.1 Å². The van der Waals surface area contributed by atoms with E-state index in [0.29, 0.717) is 27.8 Å². The van der Waals surface area contributed by atoms with Crippen LogP contribution < -0.4 is 11.5 Å². The van der Waals surface area contributed by atoms with Crippen LogP contribution in [0.4, 0.5) is 5.82 Å². The van der Waals surface area contributed by atoms with Gasteiger partial charge in [-0.15, -0.1) is 0 Å². The highest BCUT2D eigenvalue weighted by Gasteiger charge is 2.21. The summed E-state index contributed by atoms with van der Waals surface area (Å²) in [7, 11) is 1.77. The number of aryl methyl sites for hydroxylation is 1. The first-order valence-electron chi connectivity index (χ1n) is 8.50. The second kappa shape index (κ2) is 10.3. The molecule has 4 nitrogen and oxygen atoms in total. The van der Waals surface area contributed by atoms with Crippen molar-refractivity contribution in [3.05, 3.63) is 78.0 Å². The number of anilines is 1. The summed E-state index contributed by atoms with van der Waals surface area (Å²) in [6.45, 7) is 9.62. The average Bonchev–Trinajstić information content (AvgIpc) is 2.98. The standard InChI is InChI=1S/C19H21ClN4.C2H6/c1-4-6-10-13(5-2)18-15(19(22)24(3)23-18)16(20)17(21)14-11-8-7-9-12-14;1-2/h4-12H,1,21-22H2,2-3H3;1-2H3/b10-6-,13-5+,17-16+;. The molecule has 0 aliphatic carbocycles. The Morgan fingerprint density at radius 3 is 2.38 bits per heavy atom. The van der Waals surface area contributed by atoms with Gasteiger partial charge in [-0.2, -0.15) is 5.10 Å². The van der Waals surface area contributed by atoms with E-state index in [-0.39, 0.29) is 0 Å². The Balaban J connectivity index is 0.00000163. The van der Waals surface area contributed by atoms with E-state index in [2.05, 4.69) is 11.7 Å². The number of halogens is 1. The average molecular weight is 371 g/mol. The Morgan fingerprint density at radius 1 is 1.23 bits per heavy atom. The minimum absolute atomic E-state index is 0.383. The first kappa shape index (κ1) is 21.3. The van der Waals surface area contributed by atoms with Gasteiger partial charge in [-0.05, 0) is 18.1 Å². The molecule has 26 heavy (non-hydrogen) atoms.